The van der Waals surface area contributed by atoms with E-state index in [4.69, 9.17) is 4.74 Å². The number of rotatable bonds is 5. The van der Waals surface area contributed by atoms with Gasteiger partial charge in [-0.15, -0.1) is 0 Å². The first-order chi connectivity index (χ1) is 13.7. The normalized spacial score (nSPS) is 19.6. The van der Waals surface area contributed by atoms with Crippen LogP contribution in [-0.4, -0.2) is 71.4 Å². The summed E-state index contributed by atoms with van der Waals surface area (Å²) in [4.78, 5) is 27.9. The van der Waals surface area contributed by atoms with Crippen LogP contribution in [0.4, 0.5) is 14.9 Å². The Bertz CT molecular complexity index is 807. The van der Waals surface area contributed by atoms with Crippen LogP contribution in [0.1, 0.15) is 26.3 Å². The van der Waals surface area contributed by atoms with Crippen molar-refractivity contribution in [2.45, 2.75) is 32.2 Å². The maximum absolute atomic E-state index is 13.6. The van der Waals surface area contributed by atoms with Crippen LogP contribution >= 0.6 is 0 Å². The minimum absolute atomic E-state index is 0.178. The van der Waals surface area contributed by atoms with Crippen LogP contribution in [0.3, 0.4) is 0 Å². The van der Waals surface area contributed by atoms with Crippen molar-refractivity contribution < 1.29 is 22.9 Å². The maximum atomic E-state index is 13.6. The predicted octanol–water partition coefficient (Wildman–Crippen LogP) is 1.63. The number of nitrogens with zero attached hydrogens (tertiary/aromatic N) is 2. The van der Waals surface area contributed by atoms with Crippen molar-refractivity contribution in [3.05, 3.63) is 29.6 Å². The number of hydrogen-bond donors (Lipinski definition) is 1. The third kappa shape index (κ3) is 5.26. The lowest BCUT2D eigenvalue weighted by Crippen LogP contribution is -2.46. The van der Waals surface area contributed by atoms with Crippen molar-refractivity contribution in [3.8, 4) is 0 Å². The Kier molecular flexibility index (Phi) is 6.45. The number of fused-ring (bicyclic) bond motifs is 1. The van der Waals surface area contributed by atoms with Gasteiger partial charge in [0.1, 0.15) is 5.82 Å². The maximum Gasteiger partial charge on any atom is 0.407 e. The molecule has 0 aliphatic carbocycles. The monoisotopic (exact) mass is 425 g/mol. The molecule has 3 rings (SSSR count). The summed E-state index contributed by atoms with van der Waals surface area (Å²) in [5.74, 6) is 0.402. The molecule has 2 aliphatic rings. The minimum Gasteiger partial charge on any atom is -0.439 e. The Hall–Kier alpha value is -2.16. The number of halogens is 1. The number of carbonyl (C=O) groups is 2. The van der Waals surface area contributed by atoms with E-state index in [0.29, 0.717) is 31.1 Å². The highest BCUT2D eigenvalue weighted by molar-refractivity contribution is 7.85. The third-order valence-electron chi connectivity index (χ3n) is 5.33. The van der Waals surface area contributed by atoms with Crippen LogP contribution < -0.4 is 10.2 Å². The fourth-order valence-electron chi connectivity index (χ4n) is 3.86. The van der Waals surface area contributed by atoms with E-state index in [1.54, 1.807) is 17.0 Å². The smallest absolute Gasteiger partial charge is 0.407 e. The average molecular weight is 426 g/mol. The van der Waals surface area contributed by atoms with Crippen molar-refractivity contribution in [1.29, 1.82) is 0 Å². The molecular formula is C20H28FN3O4S. The SMILES string of the molecule is CC(CN1CC(C)(C)c2cc(F)ccc21)NC(=O)OCC(=O)N1CCS(=O)CC1. The molecule has 1 N–H and O–H groups in total. The number of amides is 2. The first-order valence-electron chi connectivity index (χ1n) is 9.77. The summed E-state index contributed by atoms with van der Waals surface area (Å²) < 4.78 is 30.0. The third-order valence-corrected chi connectivity index (χ3v) is 6.61. The van der Waals surface area contributed by atoms with Crippen molar-refractivity contribution in [2.75, 3.05) is 49.2 Å². The molecule has 0 bridgehead atoms. The average Bonchev–Trinajstić information content (AvgIpc) is 2.89. The number of carbonyl (C=O) groups excluding carboxylic acids is 2. The van der Waals surface area contributed by atoms with Gasteiger partial charge in [-0.2, -0.15) is 0 Å². The van der Waals surface area contributed by atoms with Gasteiger partial charge in [-0.25, -0.2) is 9.18 Å². The van der Waals surface area contributed by atoms with Crippen LogP contribution in [0.2, 0.25) is 0 Å². The van der Waals surface area contributed by atoms with E-state index in [-0.39, 0.29) is 29.8 Å². The van der Waals surface area contributed by atoms with Crippen molar-refractivity contribution in [2.24, 2.45) is 0 Å². The molecular weight excluding hydrogens is 397 g/mol. The standard InChI is InChI=1S/C20H28FN3O4S/c1-14(11-24-13-20(2,3)16-10-15(21)4-5-17(16)24)22-19(26)28-12-18(25)23-6-8-29(27)9-7-23/h4-5,10,14H,6-9,11-13H2,1-3H3,(H,22,26). The number of nitrogens with one attached hydrogen (secondary N) is 1. The molecule has 1 aromatic carbocycles. The van der Waals surface area contributed by atoms with E-state index in [1.807, 2.05) is 6.92 Å². The first kappa shape index (κ1) is 21.5. The Balaban J connectivity index is 1.47. The van der Waals surface area contributed by atoms with E-state index in [0.717, 1.165) is 17.8 Å². The molecule has 1 fully saturated rings. The number of benzene rings is 1. The van der Waals surface area contributed by atoms with Gasteiger partial charge >= 0.3 is 6.09 Å². The zero-order valence-electron chi connectivity index (χ0n) is 17.1. The van der Waals surface area contributed by atoms with Crippen LogP contribution in [0.5, 0.6) is 0 Å². The van der Waals surface area contributed by atoms with Gasteiger partial charge in [0.15, 0.2) is 6.61 Å². The lowest BCUT2D eigenvalue weighted by molar-refractivity contribution is -0.133. The Morgan fingerprint density at radius 3 is 2.69 bits per heavy atom. The molecule has 1 unspecified atom stereocenters. The summed E-state index contributed by atoms with van der Waals surface area (Å²) in [5, 5.41) is 2.75. The second-order valence-corrected chi connectivity index (χ2v) is 9.97. The largest absolute Gasteiger partial charge is 0.439 e. The molecule has 1 atom stereocenters. The molecule has 0 spiro atoms. The molecule has 9 heteroatoms. The van der Waals surface area contributed by atoms with Gasteiger partial charge in [0, 0.05) is 65.6 Å². The summed E-state index contributed by atoms with van der Waals surface area (Å²) in [6, 6.07) is 4.57. The highest BCUT2D eigenvalue weighted by Gasteiger charge is 2.35. The van der Waals surface area contributed by atoms with Gasteiger partial charge in [0.2, 0.25) is 0 Å². The summed E-state index contributed by atoms with van der Waals surface area (Å²) in [5.41, 5.74) is 1.75. The Morgan fingerprint density at radius 2 is 2.00 bits per heavy atom. The summed E-state index contributed by atoms with van der Waals surface area (Å²) >= 11 is 0. The fourth-order valence-corrected chi connectivity index (χ4v) is 4.91. The molecule has 1 saturated heterocycles. The van der Waals surface area contributed by atoms with Crippen LogP contribution in [-0.2, 0) is 25.7 Å². The van der Waals surface area contributed by atoms with Gasteiger partial charge in [0.25, 0.3) is 5.91 Å². The molecule has 160 valence electrons. The van der Waals surface area contributed by atoms with E-state index in [9.17, 15) is 18.2 Å². The quantitative estimate of drug-likeness (QED) is 0.776. The molecule has 2 aliphatic heterocycles. The lowest BCUT2D eigenvalue weighted by atomic mass is 9.87. The minimum atomic E-state index is -0.863. The zero-order valence-corrected chi connectivity index (χ0v) is 17.9. The highest BCUT2D eigenvalue weighted by atomic mass is 32.2. The molecule has 29 heavy (non-hydrogen) atoms. The van der Waals surface area contributed by atoms with Crippen LogP contribution in [0.25, 0.3) is 0 Å². The molecule has 0 radical (unpaired) electrons. The highest BCUT2D eigenvalue weighted by Crippen LogP contribution is 2.40. The van der Waals surface area contributed by atoms with Crippen molar-refractivity contribution >= 4 is 28.5 Å². The number of alkyl carbamates (subject to hydrolysis) is 1. The van der Waals surface area contributed by atoms with Crippen LogP contribution in [0.15, 0.2) is 18.2 Å². The molecule has 0 aromatic heterocycles. The second-order valence-electron chi connectivity index (χ2n) is 8.28. The van der Waals surface area contributed by atoms with Gasteiger partial charge in [-0.1, -0.05) is 13.8 Å². The Morgan fingerprint density at radius 1 is 1.31 bits per heavy atom. The number of anilines is 1. The number of hydrogen-bond acceptors (Lipinski definition) is 5. The van der Waals surface area contributed by atoms with E-state index >= 15 is 0 Å². The predicted molar refractivity (Wildman–Crippen MR) is 110 cm³/mol. The molecule has 1 aromatic rings. The fraction of sp³-hybridized carbons (Fsp3) is 0.600. The number of ether oxygens (including phenoxy) is 1. The van der Waals surface area contributed by atoms with Crippen molar-refractivity contribution in [3.63, 3.8) is 0 Å². The Labute approximate surface area is 173 Å². The second kappa shape index (κ2) is 8.69. The molecule has 2 amide bonds. The zero-order chi connectivity index (χ0) is 21.2. The van der Waals surface area contributed by atoms with Gasteiger partial charge in [-0.05, 0) is 30.7 Å². The first-order valence-corrected chi connectivity index (χ1v) is 11.3. The molecule has 2 heterocycles. The topological polar surface area (TPSA) is 79.0 Å². The molecule has 0 saturated carbocycles. The lowest BCUT2D eigenvalue weighted by Gasteiger charge is -2.27. The summed E-state index contributed by atoms with van der Waals surface area (Å²) in [6.07, 6.45) is -0.649. The van der Waals surface area contributed by atoms with Gasteiger partial charge in [-0.3, -0.25) is 9.00 Å². The summed E-state index contributed by atoms with van der Waals surface area (Å²) in [7, 11) is -0.863. The van der Waals surface area contributed by atoms with Gasteiger partial charge in [0.05, 0.1) is 0 Å². The van der Waals surface area contributed by atoms with E-state index in [2.05, 4.69) is 24.1 Å². The van der Waals surface area contributed by atoms with E-state index in [1.165, 1.54) is 6.07 Å². The van der Waals surface area contributed by atoms with Gasteiger partial charge < -0.3 is 19.9 Å². The molecule has 7 nitrogen and oxygen atoms in total. The summed E-state index contributed by atoms with van der Waals surface area (Å²) in [6.45, 7) is 7.79. The van der Waals surface area contributed by atoms with E-state index < -0.39 is 16.9 Å². The van der Waals surface area contributed by atoms with Crippen LogP contribution in [0, 0.1) is 5.82 Å². The van der Waals surface area contributed by atoms with Crippen molar-refractivity contribution in [1.82, 2.24) is 10.2 Å².